The molecule has 5 heteroatoms. The lowest BCUT2D eigenvalue weighted by Gasteiger charge is -2.51. The topological polar surface area (TPSA) is 28.1 Å². The molecule has 3 aliphatic heterocycles. The molecule has 0 unspecified atom stereocenters. The molecule has 3 aliphatic rings. The van der Waals surface area contributed by atoms with Crippen LogP contribution >= 0.6 is 15.9 Å². The smallest absolute Gasteiger partial charge is 0.200 e. The first-order valence-electron chi connectivity index (χ1n) is 10.2. The van der Waals surface area contributed by atoms with Gasteiger partial charge in [0.25, 0.3) is 0 Å². The van der Waals surface area contributed by atoms with E-state index in [1.54, 1.807) is 0 Å². The van der Waals surface area contributed by atoms with Crippen LogP contribution in [0.4, 0.5) is 0 Å². The number of likely N-dealkylation sites (tertiary alicyclic amines) is 1. The third kappa shape index (κ3) is 2.96. The van der Waals surface area contributed by atoms with Crippen LogP contribution < -0.4 is 4.74 Å². The first kappa shape index (κ1) is 18.2. The van der Waals surface area contributed by atoms with Crippen molar-refractivity contribution in [1.82, 2.24) is 9.91 Å². The van der Waals surface area contributed by atoms with Gasteiger partial charge in [-0.3, -0.25) is 0 Å². The molecule has 1 saturated heterocycles. The van der Waals surface area contributed by atoms with Gasteiger partial charge < -0.3 is 9.64 Å². The van der Waals surface area contributed by atoms with E-state index in [0.717, 1.165) is 48.3 Å². The van der Waals surface area contributed by atoms with Crippen LogP contribution in [-0.4, -0.2) is 40.5 Å². The fraction of sp³-hybridized carbons (Fsp3) is 0.435. The van der Waals surface area contributed by atoms with Gasteiger partial charge in [-0.15, -0.1) is 0 Å². The second-order valence-corrected chi connectivity index (χ2v) is 9.25. The van der Waals surface area contributed by atoms with Crippen LogP contribution in [0.5, 0.6) is 5.75 Å². The van der Waals surface area contributed by atoms with Gasteiger partial charge in [-0.05, 0) is 37.6 Å². The Labute approximate surface area is 175 Å². The molecule has 0 aromatic heterocycles. The number of benzene rings is 2. The predicted octanol–water partition coefficient (Wildman–Crippen LogP) is 5.19. The average molecular weight is 440 g/mol. The Bertz CT molecular complexity index is 900. The number of hydrogen-bond acceptors (Lipinski definition) is 4. The summed E-state index contributed by atoms with van der Waals surface area (Å²) in [4.78, 5) is 2.54. The highest BCUT2D eigenvalue weighted by Crippen LogP contribution is 2.50. The minimum Gasteiger partial charge on any atom is -0.466 e. The highest BCUT2D eigenvalue weighted by molar-refractivity contribution is 9.10. The molecule has 5 rings (SSSR count). The molecule has 1 fully saturated rings. The van der Waals surface area contributed by atoms with Crippen molar-refractivity contribution < 1.29 is 4.74 Å². The van der Waals surface area contributed by atoms with Gasteiger partial charge in [0.15, 0.2) is 0 Å². The summed E-state index contributed by atoms with van der Waals surface area (Å²) < 4.78 is 7.79. The highest BCUT2D eigenvalue weighted by Gasteiger charge is 2.51. The largest absolute Gasteiger partial charge is 0.466 e. The Balaban J connectivity index is 1.53. The van der Waals surface area contributed by atoms with Crippen molar-refractivity contribution >= 4 is 21.6 Å². The zero-order valence-corrected chi connectivity index (χ0v) is 18.0. The van der Waals surface area contributed by atoms with E-state index in [9.17, 15) is 0 Å². The molecule has 0 bridgehead atoms. The standard InChI is InChI=1S/C23H26BrN3O/c1-16(2)26-13-11-23(12-14-26)27-21(19-5-3-4-6-22(19)28-23)15-20(25-27)17-7-9-18(24)10-8-17/h3-10,16,21H,11-15H2,1-2H3/t21-/m1/s1. The second kappa shape index (κ2) is 6.89. The molecule has 0 radical (unpaired) electrons. The molecular formula is C23H26BrN3O. The molecule has 0 aliphatic carbocycles. The minimum absolute atomic E-state index is 0.259. The van der Waals surface area contributed by atoms with Crippen LogP contribution in [0, 0.1) is 0 Å². The van der Waals surface area contributed by atoms with Crippen LogP contribution in [0.1, 0.15) is 50.3 Å². The number of halogens is 1. The number of rotatable bonds is 2. The fourth-order valence-electron chi connectivity index (χ4n) is 4.77. The monoisotopic (exact) mass is 439 g/mol. The molecule has 28 heavy (non-hydrogen) atoms. The lowest BCUT2D eigenvalue weighted by atomic mass is 9.90. The van der Waals surface area contributed by atoms with Crippen LogP contribution in [0.15, 0.2) is 58.1 Å². The predicted molar refractivity (Wildman–Crippen MR) is 116 cm³/mol. The van der Waals surface area contributed by atoms with Crippen molar-refractivity contribution in [2.75, 3.05) is 13.1 Å². The first-order valence-corrected chi connectivity index (χ1v) is 11.0. The van der Waals surface area contributed by atoms with Gasteiger partial charge in [-0.25, -0.2) is 5.01 Å². The minimum atomic E-state index is -0.332. The number of ether oxygens (including phenoxy) is 1. The van der Waals surface area contributed by atoms with Gasteiger partial charge in [0, 0.05) is 48.4 Å². The van der Waals surface area contributed by atoms with Crippen molar-refractivity contribution in [3.8, 4) is 5.75 Å². The Hall–Kier alpha value is -1.85. The summed E-state index contributed by atoms with van der Waals surface area (Å²) in [6, 6.07) is 17.8. The van der Waals surface area contributed by atoms with Crippen molar-refractivity contribution in [3.63, 3.8) is 0 Å². The molecule has 3 heterocycles. The number of para-hydroxylation sites is 1. The van der Waals surface area contributed by atoms with E-state index in [1.165, 1.54) is 11.1 Å². The second-order valence-electron chi connectivity index (χ2n) is 8.33. The molecule has 146 valence electrons. The van der Waals surface area contributed by atoms with Gasteiger partial charge in [-0.2, -0.15) is 5.10 Å². The van der Waals surface area contributed by atoms with Crippen LogP contribution in [0.2, 0.25) is 0 Å². The SMILES string of the molecule is CC(C)N1CCC2(CC1)Oc1ccccc1[C@H]1CC(c3ccc(Br)cc3)=NN12. The zero-order valence-electron chi connectivity index (χ0n) is 16.4. The van der Waals surface area contributed by atoms with Crippen molar-refractivity contribution in [3.05, 3.63) is 64.1 Å². The third-order valence-electron chi connectivity index (χ3n) is 6.39. The van der Waals surface area contributed by atoms with E-state index in [1.807, 2.05) is 0 Å². The van der Waals surface area contributed by atoms with E-state index >= 15 is 0 Å². The maximum absolute atomic E-state index is 6.69. The summed E-state index contributed by atoms with van der Waals surface area (Å²) in [6.45, 7) is 6.65. The molecule has 0 N–H and O–H groups in total. The van der Waals surface area contributed by atoms with Gasteiger partial charge in [-0.1, -0.05) is 46.3 Å². The van der Waals surface area contributed by atoms with Crippen LogP contribution in [0.3, 0.4) is 0 Å². The summed E-state index contributed by atoms with van der Waals surface area (Å²) in [5.74, 6) is 1.04. The number of hydrazone groups is 1. The Morgan fingerprint density at radius 3 is 2.50 bits per heavy atom. The highest BCUT2D eigenvalue weighted by atomic mass is 79.9. The summed E-state index contributed by atoms with van der Waals surface area (Å²) in [5.41, 5.74) is 3.28. The molecule has 4 nitrogen and oxygen atoms in total. The maximum Gasteiger partial charge on any atom is 0.200 e. The van der Waals surface area contributed by atoms with E-state index < -0.39 is 0 Å². The molecular weight excluding hydrogens is 414 g/mol. The molecule has 2 aromatic rings. The third-order valence-corrected chi connectivity index (χ3v) is 6.92. The van der Waals surface area contributed by atoms with E-state index in [4.69, 9.17) is 9.84 Å². The lowest BCUT2D eigenvalue weighted by molar-refractivity contribution is -0.152. The number of fused-ring (bicyclic) bond motifs is 4. The van der Waals surface area contributed by atoms with Crippen molar-refractivity contribution in [2.24, 2.45) is 5.10 Å². The normalized spacial score (nSPS) is 23.4. The fourth-order valence-corrected chi connectivity index (χ4v) is 5.03. The molecule has 0 amide bonds. The van der Waals surface area contributed by atoms with E-state index in [2.05, 4.69) is 88.2 Å². The summed E-state index contributed by atoms with van der Waals surface area (Å²) in [7, 11) is 0. The van der Waals surface area contributed by atoms with Gasteiger partial charge >= 0.3 is 0 Å². The van der Waals surface area contributed by atoms with Gasteiger partial charge in [0.1, 0.15) is 5.75 Å². The first-order chi connectivity index (χ1) is 13.6. The summed E-state index contributed by atoms with van der Waals surface area (Å²) >= 11 is 3.54. The Kier molecular flexibility index (Phi) is 4.48. The zero-order chi connectivity index (χ0) is 19.3. The van der Waals surface area contributed by atoms with Crippen molar-refractivity contribution in [2.45, 2.75) is 50.9 Å². The quantitative estimate of drug-likeness (QED) is 0.643. The Morgan fingerprint density at radius 1 is 1.07 bits per heavy atom. The average Bonchev–Trinajstić information content (AvgIpc) is 3.16. The molecule has 2 aromatic carbocycles. The van der Waals surface area contributed by atoms with Crippen LogP contribution in [0.25, 0.3) is 0 Å². The lowest BCUT2D eigenvalue weighted by Crippen LogP contribution is -2.59. The molecule has 1 spiro atoms. The van der Waals surface area contributed by atoms with E-state index in [0.29, 0.717) is 6.04 Å². The maximum atomic E-state index is 6.69. The Morgan fingerprint density at radius 2 is 1.79 bits per heavy atom. The number of nitrogens with zero attached hydrogens (tertiary/aromatic N) is 3. The summed E-state index contributed by atoms with van der Waals surface area (Å²) in [5, 5.41) is 7.44. The molecule has 0 saturated carbocycles. The number of hydrogen-bond donors (Lipinski definition) is 0. The number of piperidine rings is 1. The van der Waals surface area contributed by atoms with Gasteiger partial charge in [0.2, 0.25) is 5.72 Å². The summed E-state index contributed by atoms with van der Waals surface area (Å²) in [6.07, 6.45) is 2.89. The van der Waals surface area contributed by atoms with Crippen LogP contribution in [-0.2, 0) is 0 Å². The van der Waals surface area contributed by atoms with E-state index in [-0.39, 0.29) is 11.8 Å². The molecule has 1 atom stereocenters. The van der Waals surface area contributed by atoms with Gasteiger partial charge in [0.05, 0.1) is 11.8 Å². The van der Waals surface area contributed by atoms with Crippen molar-refractivity contribution in [1.29, 1.82) is 0 Å².